The van der Waals surface area contributed by atoms with E-state index in [1.807, 2.05) is 0 Å². The van der Waals surface area contributed by atoms with Gasteiger partial charge in [-0.05, 0) is 53.9 Å². The minimum Gasteiger partial charge on any atom is -0.455 e. The minimum absolute atomic E-state index is 0.00675. The number of benzene rings is 1. The van der Waals surface area contributed by atoms with Gasteiger partial charge in [0.25, 0.3) is 15.9 Å². The van der Waals surface area contributed by atoms with Crippen molar-refractivity contribution >= 4 is 39.4 Å². The molecule has 0 bridgehead atoms. The molecule has 0 saturated carbocycles. The number of hydrogen-bond acceptors (Lipinski definition) is 8. The first-order valence-electron chi connectivity index (χ1n) is 8.88. The van der Waals surface area contributed by atoms with Crippen LogP contribution in [-0.2, 0) is 10.0 Å². The predicted molar refractivity (Wildman–Crippen MR) is 116 cm³/mol. The number of carbonyl (C=O) groups is 1. The molecule has 0 radical (unpaired) electrons. The van der Waals surface area contributed by atoms with E-state index in [0.717, 1.165) is 0 Å². The van der Waals surface area contributed by atoms with Crippen molar-refractivity contribution in [3.8, 4) is 11.3 Å². The molecule has 0 aliphatic carbocycles. The minimum atomic E-state index is -3.81. The number of hydrogen-bond donors (Lipinski definition) is 2. The summed E-state index contributed by atoms with van der Waals surface area (Å²) in [5.74, 6) is 0.646. The number of nitrogens with zero attached hydrogens (tertiary/aromatic N) is 3. The molecule has 2 N–H and O–H groups in total. The maximum atomic E-state index is 12.4. The molecule has 0 unspecified atom stereocenters. The van der Waals surface area contributed by atoms with Crippen molar-refractivity contribution in [3.05, 3.63) is 83.0 Å². The number of carbonyl (C=O) groups excluding carboxylic acids is 1. The molecule has 9 nitrogen and oxygen atoms in total. The molecule has 3 heterocycles. The number of thiophene rings is 1. The largest absolute Gasteiger partial charge is 0.455 e. The van der Waals surface area contributed by atoms with Crippen molar-refractivity contribution < 1.29 is 17.6 Å². The van der Waals surface area contributed by atoms with E-state index in [2.05, 4.69) is 25.2 Å². The van der Waals surface area contributed by atoms with E-state index < -0.39 is 10.0 Å². The lowest BCUT2D eigenvalue weighted by molar-refractivity contribution is 0.0959. The second-order valence-corrected chi connectivity index (χ2v) is 8.71. The lowest BCUT2D eigenvalue weighted by atomic mass is 10.2. The number of furan rings is 1. The molecular formula is C20H15N5O4S2. The number of aromatic nitrogens is 2. The Morgan fingerprint density at radius 2 is 1.81 bits per heavy atom. The Hall–Kier alpha value is -3.83. The van der Waals surface area contributed by atoms with Gasteiger partial charge >= 0.3 is 0 Å². The number of rotatable bonds is 7. The second-order valence-electron chi connectivity index (χ2n) is 6.08. The van der Waals surface area contributed by atoms with Crippen LogP contribution in [0.15, 0.2) is 86.8 Å². The fourth-order valence-electron chi connectivity index (χ4n) is 2.52. The van der Waals surface area contributed by atoms with E-state index in [-0.39, 0.29) is 16.8 Å². The molecule has 0 spiro atoms. The van der Waals surface area contributed by atoms with Crippen molar-refractivity contribution in [2.75, 3.05) is 4.72 Å². The van der Waals surface area contributed by atoms with Crippen molar-refractivity contribution in [1.29, 1.82) is 0 Å². The van der Waals surface area contributed by atoms with Crippen LogP contribution in [0.1, 0.15) is 15.4 Å². The summed E-state index contributed by atoms with van der Waals surface area (Å²) in [5, 5.41) is 5.68. The average molecular weight is 454 g/mol. The number of anilines is 1. The van der Waals surface area contributed by atoms with Gasteiger partial charge < -0.3 is 4.42 Å². The third kappa shape index (κ3) is 5.02. The quantitative estimate of drug-likeness (QED) is 0.326. The third-order valence-electron chi connectivity index (χ3n) is 3.97. The van der Waals surface area contributed by atoms with E-state index in [9.17, 15) is 13.2 Å². The lowest BCUT2D eigenvalue weighted by Crippen LogP contribution is -2.15. The van der Waals surface area contributed by atoms with Gasteiger partial charge in [0.1, 0.15) is 11.5 Å². The average Bonchev–Trinajstić information content (AvgIpc) is 3.47. The molecular weight excluding hydrogens is 438 g/mol. The topological polar surface area (TPSA) is 127 Å². The van der Waals surface area contributed by atoms with Crippen molar-refractivity contribution in [2.24, 2.45) is 5.10 Å². The highest BCUT2D eigenvalue weighted by molar-refractivity contribution is 7.92. The van der Waals surface area contributed by atoms with Gasteiger partial charge in [0, 0.05) is 18.0 Å². The van der Waals surface area contributed by atoms with Gasteiger partial charge in [-0.3, -0.25) is 4.79 Å². The maximum absolute atomic E-state index is 12.4. The molecule has 0 atom stereocenters. The highest BCUT2D eigenvalue weighted by Gasteiger charge is 2.16. The second kappa shape index (κ2) is 8.90. The van der Waals surface area contributed by atoms with Gasteiger partial charge in [0.2, 0.25) is 5.95 Å². The molecule has 1 aromatic carbocycles. The number of sulfonamides is 1. The maximum Gasteiger partial charge on any atom is 0.281 e. The summed E-state index contributed by atoms with van der Waals surface area (Å²) in [6, 6.07) is 14.6. The standard InChI is InChI=1S/C20H15N5O4S2/c26-19(18-3-1-12-30-18)24-23-13-15-6-9-17(29-15)14-4-7-16(8-5-14)31(27,28)25-20-21-10-2-11-22-20/h1-13H,(H,24,26)(H,21,22,25)/b23-13+. The molecule has 1 amide bonds. The lowest BCUT2D eigenvalue weighted by Gasteiger charge is -2.06. The molecule has 0 aliphatic heterocycles. The summed E-state index contributed by atoms with van der Waals surface area (Å²) in [5.41, 5.74) is 3.10. The van der Waals surface area contributed by atoms with Crippen LogP contribution in [0.5, 0.6) is 0 Å². The van der Waals surface area contributed by atoms with E-state index in [1.165, 1.54) is 42.1 Å². The highest BCUT2D eigenvalue weighted by Crippen LogP contribution is 2.24. The van der Waals surface area contributed by atoms with Gasteiger partial charge in [0.15, 0.2) is 0 Å². The Morgan fingerprint density at radius 1 is 1.03 bits per heavy atom. The molecule has 3 aromatic heterocycles. The first-order valence-corrected chi connectivity index (χ1v) is 11.2. The molecule has 156 valence electrons. The number of amides is 1. The van der Waals surface area contributed by atoms with Crippen LogP contribution >= 0.6 is 11.3 Å². The Labute approximate surface area is 181 Å². The number of hydrazone groups is 1. The first-order chi connectivity index (χ1) is 15.0. The number of nitrogens with one attached hydrogen (secondary N) is 2. The fraction of sp³-hybridized carbons (Fsp3) is 0. The van der Waals surface area contributed by atoms with E-state index in [1.54, 1.807) is 47.8 Å². The molecule has 31 heavy (non-hydrogen) atoms. The van der Waals surface area contributed by atoms with Gasteiger partial charge in [-0.25, -0.2) is 28.5 Å². The van der Waals surface area contributed by atoms with Gasteiger partial charge in [-0.2, -0.15) is 5.10 Å². The monoisotopic (exact) mass is 453 g/mol. The van der Waals surface area contributed by atoms with Crippen LogP contribution in [0.25, 0.3) is 11.3 Å². The SMILES string of the molecule is O=C(N/N=C/c1ccc(-c2ccc(S(=O)(=O)Nc3ncccn3)cc2)o1)c1cccs1. The highest BCUT2D eigenvalue weighted by atomic mass is 32.2. The van der Waals surface area contributed by atoms with Crippen LogP contribution in [0.4, 0.5) is 5.95 Å². The van der Waals surface area contributed by atoms with Gasteiger partial charge in [-0.15, -0.1) is 11.3 Å². The van der Waals surface area contributed by atoms with Crippen molar-refractivity contribution in [3.63, 3.8) is 0 Å². The van der Waals surface area contributed by atoms with Crippen molar-refractivity contribution in [1.82, 2.24) is 15.4 Å². The van der Waals surface area contributed by atoms with Crippen LogP contribution < -0.4 is 10.1 Å². The van der Waals surface area contributed by atoms with Gasteiger partial charge in [0.05, 0.1) is 16.0 Å². The third-order valence-corrected chi connectivity index (χ3v) is 6.18. The summed E-state index contributed by atoms with van der Waals surface area (Å²) < 4.78 is 32.9. The zero-order chi connectivity index (χ0) is 21.7. The van der Waals surface area contributed by atoms with Crippen LogP contribution in [-0.4, -0.2) is 30.5 Å². The first kappa shape index (κ1) is 20.4. The molecule has 0 aliphatic rings. The summed E-state index contributed by atoms with van der Waals surface area (Å²) >= 11 is 1.32. The predicted octanol–water partition coefficient (Wildman–Crippen LogP) is 3.36. The van der Waals surface area contributed by atoms with Crippen LogP contribution in [0, 0.1) is 0 Å². The fourth-order valence-corrected chi connectivity index (χ4v) is 4.10. The summed E-state index contributed by atoms with van der Waals surface area (Å²) in [4.78, 5) is 20.2. The van der Waals surface area contributed by atoms with Crippen LogP contribution in [0.3, 0.4) is 0 Å². The Bertz CT molecular complexity index is 1300. The van der Waals surface area contributed by atoms with Crippen LogP contribution in [0.2, 0.25) is 0 Å². The van der Waals surface area contributed by atoms with E-state index in [4.69, 9.17) is 4.42 Å². The van der Waals surface area contributed by atoms with Crippen molar-refractivity contribution in [2.45, 2.75) is 4.90 Å². The van der Waals surface area contributed by atoms with E-state index in [0.29, 0.717) is 22.0 Å². The zero-order valence-electron chi connectivity index (χ0n) is 15.8. The normalized spacial score (nSPS) is 11.5. The Balaban J connectivity index is 1.42. The summed E-state index contributed by atoms with van der Waals surface area (Å²) in [6.45, 7) is 0. The Morgan fingerprint density at radius 3 is 2.52 bits per heavy atom. The zero-order valence-corrected chi connectivity index (χ0v) is 17.4. The van der Waals surface area contributed by atoms with Gasteiger partial charge in [-0.1, -0.05) is 6.07 Å². The molecule has 11 heteroatoms. The molecule has 4 rings (SSSR count). The Kier molecular flexibility index (Phi) is 5.87. The smallest absolute Gasteiger partial charge is 0.281 e. The summed E-state index contributed by atoms with van der Waals surface area (Å²) in [6.07, 6.45) is 4.27. The molecule has 0 fully saturated rings. The van der Waals surface area contributed by atoms with E-state index >= 15 is 0 Å². The summed E-state index contributed by atoms with van der Waals surface area (Å²) in [7, 11) is -3.81. The molecule has 4 aromatic rings. The molecule has 0 saturated heterocycles.